The molecule has 4 saturated heterocycles. The Morgan fingerprint density at radius 2 is 0.561 bits per heavy atom. The fraction of sp³-hybridized carbons (Fsp3) is 0.565. The molecule has 40 atom stereocenters. The number of fused-ring (bicyclic) bond motifs is 5. The molecule has 32 nitrogen and oxygen atoms in total. The number of hydrogen-bond acceptors (Lipinski definition) is 32. The predicted octanol–water partition coefficient (Wildman–Crippen LogP) is 10.2. The lowest BCUT2D eigenvalue weighted by atomic mass is 9.77. The number of alkyl halides is 1. The van der Waals surface area contributed by atoms with E-state index in [-0.39, 0.29) is 85.0 Å². The molecule has 0 amide bonds. The molecular formula is C115H167BrN6O26. The molecule has 40 unspecified atom stereocenters. The Balaban J connectivity index is 0.000000200. The van der Waals surface area contributed by atoms with E-state index >= 15 is 0 Å². The molecule has 0 aromatic heterocycles. The van der Waals surface area contributed by atoms with Gasteiger partial charge in [0.15, 0.2) is 25.2 Å². The van der Waals surface area contributed by atoms with Crippen molar-refractivity contribution in [2.45, 2.75) is 363 Å². The van der Waals surface area contributed by atoms with Crippen molar-refractivity contribution >= 4 is 69.8 Å². The van der Waals surface area contributed by atoms with Gasteiger partial charge in [-0.05, 0) is 168 Å². The van der Waals surface area contributed by atoms with Crippen molar-refractivity contribution in [3.8, 4) is 0 Å². The molecule has 148 heavy (non-hydrogen) atoms. The van der Waals surface area contributed by atoms with Crippen LogP contribution in [0.1, 0.15) is 151 Å². The second kappa shape index (κ2) is 56.7. The highest BCUT2D eigenvalue weighted by Crippen LogP contribution is 2.42. The monoisotopic (exact) mass is 2130 g/mol. The van der Waals surface area contributed by atoms with Crippen molar-refractivity contribution < 1.29 is 128 Å². The summed E-state index contributed by atoms with van der Waals surface area (Å²) in [5.41, 5.74) is 41.9. The van der Waals surface area contributed by atoms with Gasteiger partial charge < -0.3 is 163 Å². The van der Waals surface area contributed by atoms with E-state index in [0.717, 1.165) is 67.4 Å². The quantitative estimate of drug-likeness (QED) is 0.0236. The van der Waals surface area contributed by atoms with Gasteiger partial charge in [-0.1, -0.05) is 289 Å². The minimum atomic E-state index is -1.37. The predicted molar refractivity (Wildman–Crippen MR) is 576 cm³/mol. The van der Waals surface area contributed by atoms with Crippen LogP contribution in [0.25, 0.3) is 53.9 Å². The topological polar surface area (TPSA) is 550 Å². The first-order chi connectivity index (χ1) is 69.1. The summed E-state index contributed by atoms with van der Waals surface area (Å²) in [4.78, 5) is 0. The first kappa shape index (κ1) is 123. The number of rotatable bonds is 25. The SMILES string of the molecule is BrCc1ccc2ccccc2c1.C.C.C.C.CCC1OC(OC2C(C)CC(C)C(O)C2O)C(C)C(O)C1O.CCC1OC(OC2C(C)CC(C)C(OCc3ccc4ccccc4c3)C2O)C(C)C(OCc2ccc3ccccc3c2)C1O.NC1CC(N)C(OC2OC(CO)C(O)C(O)C2N)C(O)C1O.NC1CC(N)C(OC2OC(CO)C(O)C(OCc3ccc4ccccc4c3)C2N)C(O)C1OCc1ccc2ccccc2c1. The van der Waals surface area contributed by atoms with Crippen molar-refractivity contribution in [2.75, 3.05) is 13.2 Å². The summed E-state index contributed by atoms with van der Waals surface area (Å²) >= 11 is 3.44. The molecule has 0 radical (unpaired) electrons. The molecule has 8 fully saturated rings. The van der Waals surface area contributed by atoms with Crippen LogP contribution in [0, 0.1) is 35.5 Å². The zero-order valence-corrected chi connectivity index (χ0v) is 84.6. The third-order valence-electron chi connectivity index (χ3n) is 30.0. The number of ether oxygens (including phenoxy) is 12. The summed E-state index contributed by atoms with van der Waals surface area (Å²) < 4.78 is 72.6. The average molecular weight is 2130 g/mol. The van der Waals surface area contributed by atoms with Crippen LogP contribution in [0.5, 0.6) is 0 Å². The van der Waals surface area contributed by atoms with Crippen LogP contribution in [-0.2, 0) is 88.6 Å². The third-order valence-corrected chi connectivity index (χ3v) is 30.7. The lowest BCUT2D eigenvalue weighted by molar-refractivity contribution is -0.317. The van der Waals surface area contributed by atoms with Crippen molar-refractivity contribution in [3.63, 3.8) is 0 Å². The fourth-order valence-electron chi connectivity index (χ4n) is 21.3. The van der Waals surface area contributed by atoms with Crippen molar-refractivity contribution in [1.82, 2.24) is 0 Å². The Labute approximate surface area is 879 Å². The molecule has 4 saturated carbocycles. The smallest absolute Gasteiger partial charge is 0.176 e. The fourth-order valence-corrected chi connectivity index (χ4v) is 21.7. The average Bonchev–Trinajstić information content (AvgIpc) is 0.790. The van der Waals surface area contributed by atoms with Crippen molar-refractivity contribution in [3.05, 3.63) is 240 Å². The van der Waals surface area contributed by atoms with Gasteiger partial charge in [0.2, 0.25) is 0 Å². The molecular weight excluding hydrogens is 1960 g/mol. The molecule has 4 heterocycles. The van der Waals surface area contributed by atoms with E-state index < -0.39 is 221 Å². The summed E-state index contributed by atoms with van der Waals surface area (Å²) in [6, 6.07) is 67.7. The number of nitrogens with two attached hydrogens (primary N) is 6. The van der Waals surface area contributed by atoms with Gasteiger partial charge in [0.1, 0.15) is 91.6 Å². The molecule has 18 rings (SSSR count). The highest BCUT2D eigenvalue weighted by atomic mass is 79.9. The molecule has 4 aliphatic heterocycles. The van der Waals surface area contributed by atoms with Gasteiger partial charge in [-0.3, -0.25) is 0 Å². The summed E-state index contributed by atoms with van der Waals surface area (Å²) in [5.74, 6) is -0.273. The molecule has 10 aromatic carbocycles. The van der Waals surface area contributed by atoms with Crippen molar-refractivity contribution in [1.29, 1.82) is 0 Å². The third kappa shape index (κ3) is 29.5. The Morgan fingerprint density at radius 3 is 0.986 bits per heavy atom. The maximum atomic E-state index is 11.6. The second-order valence-corrected chi connectivity index (χ2v) is 41.2. The van der Waals surface area contributed by atoms with Crippen LogP contribution in [-0.4, -0.2) is 293 Å². The van der Waals surface area contributed by atoms with Gasteiger partial charge in [-0.25, -0.2) is 0 Å². The van der Waals surface area contributed by atoms with E-state index in [4.69, 9.17) is 96.4 Å². The van der Waals surface area contributed by atoms with Gasteiger partial charge in [0.25, 0.3) is 0 Å². The first-order valence-corrected chi connectivity index (χ1v) is 51.8. The standard InChI is InChI=1S/C38H46O6.C34H41N3O7.C16H30O6.C12H25N3O7.C11H9Br.4CH4/c1-5-32-33(39)37(42-22-27-15-17-29-11-7-9-13-31(29)20-27)25(4)38(43-32)44-36-24(3)18-23(2)35(34(36)40)41-21-26-14-16-28-10-6-8-12-30(28)19-26;35-25-15-26(36)32(30(40)31(25)41-17-19-9-11-21-5-1-3-7-23(21)13-19)44-34-28(37)33(29(39)27(16-38)43-34)42-18-20-10-12-22-6-2-4-8-24(22)14-20;1-5-10-13(19)12(18)9(4)16(21-10)22-15-8(3)6-7(2)11(17)14(15)20;13-3-1-4(14)11(10(20)7(3)17)22-12-6(15)9(19)8(18)5(2-16)21-12;12-8-9-5-6-10-3-1-2-4-11(10)7-9;;;;/h6-17,19-20,23-25,32-40H,5,18,21-22H2,1-4H3;1-14,25-34,38-40H,15-18,35-37H2;7-20H,5-6H2,1-4H3;3-12,16-20H,1-2,13-15H2;1-7H,8H2;4*1H4. The van der Waals surface area contributed by atoms with Crippen LogP contribution in [0.15, 0.2) is 212 Å². The Hall–Kier alpha value is -7.30. The minimum Gasteiger partial charge on any atom is -0.394 e. The van der Waals surface area contributed by atoms with E-state index in [0.29, 0.717) is 32.5 Å². The Morgan fingerprint density at radius 1 is 0.264 bits per heavy atom. The van der Waals surface area contributed by atoms with E-state index in [1.807, 2.05) is 144 Å². The number of hydrogen-bond donors (Lipinski definition) is 20. The van der Waals surface area contributed by atoms with Crippen LogP contribution < -0.4 is 34.4 Å². The van der Waals surface area contributed by atoms with Crippen LogP contribution >= 0.6 is 15.9 Å². The van der Waals surface area contributed by atoms with Gasteiger partial charge >= 0.3 is 0 Å². The molecule has 4 aliphatic carbocycles. The van der Waals surface area contributed by atoms with Gasteiger partial charge in [0.05, 0.1) is 107 Å². The second-order valence-electron chi connectivity index (χ2n) is 40.7. The normalized spacial score (nSPS) is 36.2. The Bertz CT molecular complexity index is 5360. The van der Waals surface area contributed by atoms with Crippen LogP contribution in [0.3, 0.4) is 0 Å². The maximum Gasteiger partial charge on any atom is 0.176 e. The van der Waals surface area contributed by atoms with Gasteiger partial charge in [-0.2, -0.15) is 0 Å². The Kier molecular flexibility index (Phi) is 46.9. The molecule has 33 heteroatoms. The summed E-state index contributed by atoms with van der Waals surface area (Å²) in [7, 11) is 0. The van der Waals surface area contributed by atoms with E-state index in [1.165, 1.54) is 32.5 Å². The number of halogens is 1. The number of aliphatic hydroxyl groups is 14. The first-order valence-electron chi connectivity index (χ1n) is 50.7. The van der Waals surface area contributed by atoms with Gasteiger partial charge in [0, 0.05) is 41.3 Å². The number of aliphatic hydroxyl groups excluding tert-OH is 14. The minimum absolute atomic E-state index is 0. The van der Waals surface area contributed by atoms with Crippen LogP contribution in [0.4, 0.5) is 0 Å². The molecule has 26 N–H and O–H groups in total. The van der Waals surface area contributed by atoms with Gasteiger partial charge in [-0.15, -0.1) is 0 Å². The van der Waals surface area contributed by atoms with E-state index in [1.54, 1.807) is 6.92 Å². The lowest BCUT2D eigenvalue weighted by Gasteiger charge is -2.48. The largest absolute Gasteiger partial charge is 0.394 e. The number of benzene rings is 10. The molecule has 10 aromatic rings. The summed E-state index contributed by atoms with van der Waals surface area (Å²) in [5, 5.41) is 157. The zero-order valence-electron chi connectivity index (χ0n) is 83.0. The van der Waals surface area contributed by atoms with E-state index in [9.17, 15) is 66.4 Å². The highest BCUT2D eigenvalue weighted by Gasteiger charge is 2.54. The van der Waals surface area contributed by atoms with Crippen LogP contribution in [0.2, 0.25) is 0 Å². The maximum absolute atomic E-state index is 11.6. The molecule has 0 bridgehead atoms. The summed E-state index contributed by atoms with van der Waals surface area (Å²) in [6.45, 7) is 16.0. The molecule has 820 valence electrons. The van der Waals surface area contributed by atoms with Crippen molar-refractivity contribution in [2.24, 2.45) is 69.9 Å². The van der Waals surface area contributed by atoms with E-state index in [2.05, 4.69) is 133 Å². The molecule has 8 aliphatic rings. The summed E-state index contributed by atoms with van der Waals surface area (Å²) in [6.07, 6.45) is -21.7. The highest BCUT2D eigenvalue weighted by molar-refractivity contribution is 9.08. The zero-order chi connectivity index (χ0) is 103. The molecule has 0 spiro atoms. The lowest BCUT2D eigenvalue weighted by Crippen LogP contribution is -2.67.